The number of benzene rings is 1. The molecular formula is C14H20ClNO2. The molecule has 3 nitrogen and oxygen atoms in total. The van der Waals surface area contributed by atoms with Gasteiger partial charge in [-0.05, 0) is 36.5 Å². The van der Waals surface area contributed by atoms with E-state index < -0.39 is 0 Å². The summed E-state index contributed by atoms with van der Waals surface area (Å²) in [6.07, 6.45) is 1.80. The lowest BCUT2D eigenvalue weighted by atomic mass is 10.1. The molecule has 1 amide bonds. The van der Waals surface area contributed by atoms with Crippen LogP contribution in [0.4, 0.5) is 0 Å². The van der Waals surface area contributed by atoms with Crippen molar-refractivity contribution in [2.45, 2.75) is 25.6 Å². The molecule has 1 aromatic carbocycles. The molecule has 0 bridgehead atoms. The molecule has 0 spiro atoms. The first-order chi connectivity index (χ1) is 8.67. The van der Waals surface area contributed by atoms with Gasteiger partial charge in [0.05, 0.1) is 0 Å². The second kappa shape index (κ2) is 8.11. The number of rotatable bonds is 7. The minimum absolute atomic E-state index is 0.0622. The standard InChI is InChI=1S/C14H20ClNO2/c1-11(10-17)3-2-8-16-14(18)13-6-4-12(9-15)5-7-13/h4-7,11,17H,2-3,8-10H2,1H3,(H,16,18). The highest BCUT2D eigenvalue weighted by atomic mass is 35.5. The van der Waals surface area contributed by atoms with Gasteiger partial charge >= 0.3 is 0 Å². The molecule has 1 aromatic rings. The number of nitrogens with one attached hydrogen (secondary N) is 1. The molecule has 18 heavy (non-hydrogen) atoms. The van der Waals surface area contributed by atoms with E-state index in [-0.39, 0.29) is 12.5 Å². The lowest BCUT2D eigenvalue weighted by Crippen LogP contribution is -2.24. The molecule has 0 aliphatic rings. The van der Waals surface area contributed by atoms with Gasteiger partial charge in [0, 0.05) is 24.6 Å². The van der Waals surface area contributed by atoms with E-state index in [9.17, 15) is 4.79 Å². The molecule has 0 aromatic heterocycles. The minimum Gasteiger partial charge on any atom is -0.396 e. The van der Waals surface area contributed by atoms with E-state index in [4.69, 9.17) is 16.7 Å². The van der Waals surface area contributed by atoms with Crippen LogP contribution in [0.25, 0.3) is 0 Å². The van der Waals surface area contributed by atoms with Gasteiger partial charge < -0.3 is 10.4 Å². The Balaban J connectivity index is 2.31. The van der Waals surface area contributed by atoms with Gasteiger partial charge in [-0.3, -0.25) is 4.79 Å². The number of hydrogen-bond acceptors (Lipinski definition) is 2. The zero-order valence-electron chi connectivity index (χ0n) is 10.7. The fourth-order valence-corrected chi connectivity index (χ4v) is 1.77. The van der Waals surface area contributed by atoms with E-state index in [0.29, 0.717) is 23.9 Å². The lowest BCUT2D eigenvalue weighted by Gasteiger charge is -2.08. The molecule has 1 atom stereocenters. The van der Waals surface area contributed by atoms with Crippen LogP contribution in [-0.4, -0.2) is 24.2 Å². The van der Waals surface area contributed by atoms with Gasteiger partial charge in [0.15, 0.2) is 0 Å². The number of carbonyl (C=O) groups is 1. The maximum atomic E-state index is 11.8. The third-order valence-electron chi connectivity index (χ3n) is 2.84. The summed E-state index contributed by atoms with van der Waals surface area (Å²) in [7, 11) is 0. The molecule has 0 fully saturated rings. The van der Waals surface area contributed by atoms with Crippen molar-refractivity contribution in [2.75, 3.05) is 13.2 Å². The van der Waals surface area contributed by atoms with E-state index in [1.807, 2.05) is 19.1 Å². The van der Waals surface area contributed by atoms with Crippen molar-refractivity contribution in [3.8, 4) is 0 Å². The predicted octanol–water partition coefficient (Wildman–Crippen LogP) is 2.56. The van der Waals surface area contributed by atoms with Gasteiger partial charge in [-0.2, -0.15) is 0 Å². The molecule has 4 heteroatoms. The minimum atomic E-state index is -0.0622. The van der Waals surface area contributed by atoms with Crippen molar-refractivity contribution in [1.82, 2.24) is 5.32 Å². The quantitative estimate of drug-likeness (QED) is 0.590. The summed E-state index contributed by atoms with van der Waals surface area (Å²) in [5.41, 5.74) is 1.66. The highest BCUT2D eigenvalue weighted by Crippen LogP contribution is 2.07. The van der Waals surface area contributed by atoms with Crippen molar-refractivity contribution >= 4 is 17.5 Å². The third-order valence-corrected chi connectivity index (χ3v) is 3.15. The average molecular weight is 270 g/mol. The van der Waals surface area contributed by atoms with Crippen molar-refractivity contribution < 1.29 is 9.90 Å². The molecule has 100 valence electrons. The summed E-state index contributed by atoms with van der Waals surface area (Å²) in [6.45, 7) is 2.83. The van der Waals surface area contributed by atoms with E-state index in [0.717, 1.165) is 18.4 Å². The van der Waals surface area contributed by atoms with Crippen molar-refractivity contribution in [2.24, 2.45) is 5.92 Å². The van der Waals surface area contributed by atoms with Gasteiger partial charge in [-0.15, -0.1) is 11.6 Å². The van der Waals surface area contributed by atoms with Crippen LogP contribution in [0.5, 0.6) is 0 Å². The molecular weight excluding hydrogens is 250 g/mol. The summed E-state index contributed by atoms with van der Waals surface area (Å²) in [4.78, 5) is 11.8. The molecule has 0 saturated heterocycles. The molecule has 0 saturated carbocycles. The highest BCUT2D eigenvalue weighted by molar-refractivity contribution is 6.17. The first kappa shape index (κ1) is 15.0. The molecule has 1 unspecified atom stereocenters. The summed E-state index contributed by atoms with van der Waals surface area (Å²) < 4.78 is 0. The topological polar surface area (TPSA) is 49.3 Å². The second-order valence-electron chi connectivity index (χ2n) is 4.52. The van der Waals surface area contributed by atoms with Crippen molar-refractivity contribution in [3.05, 3.63) is 35.4 Å². The Morgan fingerprint density at radius 3 is 2.61 bits per heavy atom. The maximum Gasteiger partial charge on any atom is 0.251 e. The fraction of sp³-hybridized carbons (Fsp3) is 0.500. The van der Waals surface area contributed by atoms with Crippen LogP contribution >= 0.6 is 11.6 Å². The Morgan fingerprint density at radius 2 is 2.06 bits per heavy atom. The molecule has 0 aliphatic carbocycles. The largest absolute Gasteiger partial charge is 0.396 e. The van der Waals surface area contributed by atoms with Crippen LogP contribution in [0.1, 0.15) is 35.7 Å². The normalized spacial score (nSPS) is 12.2. The van der Waals surface area contributed by atoms with Gasteiger partial charge in [-0.25, -0.2) is 0 Å². The number of aliphatic hydroxyl groups excluding tert-OH is 1. The lowest BCUT2D eigenvalue weighted by molar-refractivity contribution is 0.0952. The summed E-state index contributed by atoms with van der Waals surface area (Å²) >= 11 is 5.68. The van der Waals surface area contributed by atoms with Crippen LogP contribution < -0.4 is 5.32 Å². The Kier molecular flexibility index (Phi) is 6.76. The fourth-order valence-electron chi connectivity index (χ4n) is 1.59. The maximum absolute atomic E-state index is 11.8. The molecule has 0 aliphatic heterocycles. The highest BCUT2D eigenvalue weighted by Gasteiger charge is 2.05. The van der Waals surface area contributed by atoms with Gasteiger partial charge in [0.25, 0.3) is 5.91 Å². The number of carbonyl (C=O) groups excluding carboxylic acids is 1. The van der Waals surface area contributed by atoms with Crippen LogP contribution in [0.3, 0.4) is 0 Å². The van der Waals surface area contributed by atoms with E-state index >= 15 is 0 Å². The molecule has 1 rings (SSSR count). The Morgan fingerprint density at radius 1 is 1.39 bits per heavy atom. The predicted molar refractivity (Wildman–Crippen MR) is 73.8 cm³/mol. The first-order valence-electron chi connectivity index (χ1n) is 6.21. The van der Waals surface area contributed by atoms with Gasteiger partial charge in [-0.1, -0.05) is 19.1 Å². The summed E-state index contributed by atoms with van der Waals surface area (Å²) in [6, 6.07) is 7.28. The Bertz CT molecular complexity index is 365. The average Bonchev–Trinajstić information content (AvgIpc) is 2.43. The number of aliphatic hydroxyl groups is 1. The zero-order valence-corrected chi connectivity index (χ0v) is 11.4. The summed E-state index contributed by atoms with van der Waals surface area (Å²) in [5, 5.41) is 11.7. The SMILES string of the molecule is CC(CO)CCCNC(=O)c1ccc(CCl)cc1. The monoisotopic (exact) mass is 269 g/mol. The van der Waals surface area contributed by atoms with Crippen LogP contribution in [-0.2, 0) is 5.88 Å². The van der Waals surface area contributed by atoms with Crippen molar-refractivity contribution in [1.29, 1.82) is 0 Å². The summed E-state index contributed by atoms with van der Waals surface area (Å²) in [5.74, 6) is 0.693. The van der Waals surface area contributed by atoms with Crippen molar-refractivity contribution in [3.63, 3.8) is 0 Å². The number of hydrogen-bond donors (Lipinski definition) is 2. The smallest absolute Gasteiger partial charge is 0.251 e. The molecule has 2 N–H and O–H groups in total. The Labute approximate surface area is 113 Å². The number of amides is 1. The molecule has 0 radical (unpaired) electrons. The van der Waals surface area contributed by atoms with E-state index in [1.165, 1.54) is 0 Å². The number of alkyl halides is 1. The van der Waals surface area contributed by atoms with Gasteiger partial charge in [0.2, 0.25) is 0 Å². The Hall–Kier alpha value is -1.06. The number of halogens is 1. The zero-order chi connectivity index (χ0) is 13.4. The van der Waals surface area contributed by atoms with Gasteiger partial charge in [0.1, 0.15) is 0 Å². The third kappa shape index (κ3) is 5.07. The first-order valence-corrected chi connectivity index (χ1v) is 6.74. The van der Waals surface area contributed by atoms with E-state index in [1.54, 1.807) is 12.1 Å². The van der Waals surface area contributed by atoms with E-state index in [2.05, 4.69) is 5.32 Å². The van der Waals surface area contributed by atoms with Crippen LogP contribution in [0, 0.1) is 5.92 Å². The molecule has 0 heterocycles. The van der Waals surface area contributed by atoms with Crippen LogP contribution in [0.15, 0.2) is 24.3 Å². The van der Waals surface area contributed by atoms with Crippen LogP contribution in [0.2, 0.25) is 0 Å². The second-order valence-corrected chi connectivity index (χ2v) is 4.78.